The van der Waals surface area contributed by atoms with Crippen molar-refractivity contribution in [2.75, 3.05) is 20.2 Å². The van der Waals surface area contributed by atoms with Crippen molar-refractivity contribution in [1.82, 2.24) is 5.32 Å². The first-order chi connectivity index (χ1) is 5.83. The van der Waals surface area contributed by atoms with Crippen LogP contribution in [0, 0.1) is 17.8 Å². The molecule has 1 N–H and O–H groups in total. The van der Waals surface area contributed by atoms with Crippen LogP contribution in [0.1, 0.15) is 12.8 Å². The van der Waals surface area contributed by atoms with E-state index in [0.29, 0.717) is 5.92 Å². The van der Waals surface area contributed by atoms with Crippen molar-refractivity contribution >= 4 is 5.97 Å². The van der Waals surface area contributed by atoms with Crippen LogP contribution < -0.4 is 5.32 Å². The molecule has 1 heterocycles. The molecule has 0 aromatic carbocycles. The summed E-state index contributed by atoms with van der Waals surface area (Å²) in [7, 11) is 1.48. The highest BCUT2D eigenvalue weighted by Crippen LogP contribution is 2.46. The maximum absolute atomic E-state index is 11.1. The minimum absolute atomic E-state index is 0.00750. The lowest BCUT2D eigenvalue weighted by atomic mass is 10.0. The molecular weight excluding hydrogens is 154 g/mol. The second kappa shape index (κ2) is 3.05. The Morgan fingerprint density at radius 2 is 2.42 bits per heavy atom. The minimum atomic E-state index is -0.00750. The van der Waals surface area contributed by atoms with Crippen molar-refractivity contribution in [3.8, 4) is 0 Å². The molecule has 3 nitrogen and oxygen atoms in total. The number of hydrogen-bond acceptors (Lipinski definition) is 3. The predicted octanol–water partition coefficient (Wildman–Crippen LogP) is 0.405. The third-order valence-corrected chi connectivity index (χ3v) is 3.05. The molecule has 1 aliphatic heterocycles. The molecule has 12 heavy (non-hydrogen) atoms. The molecule has 0 bridgehead atoms. The second-order valence-corrected chi connectivity index (χ2v) is 3.78. The van der Waals surface area contributed by atoms with E-state index < -0.39 is 0 Å². The Balaban J connectivity index is 1.82. The standard InChI is InChI=1S/C9H15NO2/c1-12-9(11)8-4-7(8)6-2-3-10-5-6/h6-8,10H,2-5H2,1H3. The zero-order valence-corrected chi connectivity index (χ0v) is 7.38. The summed E-state index contributed by atoms with van der Waals surface area (Å²) in [6.45, 7) is 2.22. The average Bonchev–Trinajstić information content (AvgIpc) is 2.71. The summed E-state index contributed by atoms with van der Waals surface area (Å²) in [5.41, 5.74) is 0. The van der Waals surface area contributed by atoms with Gasteiger partial charge in [-0.05, 0) is 37.8 Å². The van der Waals surface area contributed by atoms with Crippen LogP contribution in [0.4, 0.5) is 0 Å². The molecule has 2 fully saturated rings. The molecule has 68 valence electrons. The smallest absolute Gasteiger partial charge is 0.308 e. The summed E-state index contributed by atoms with van der Waals surface area (Å²) in [6, 6.07) is 0. The number of carbonyl (C=O) groups excluding carboxylic acids is 1. The monoisotopic (exact) mass is 169 g/mol. The third kappa shape index (κ3) is 1.33. The van der Waals surface area contributed by atoms with Gasteiger partial charge in [0.25, 0.3) is 0 Å². The van der Waals surface area contributed by atoms with Crippen molar-refractivity contribution in [2.45, 2.75) is 12.8 Å². The number of esters is 1. The molecule has 3 heteroatoms. The summed E-state index contributed by atoms with van der Waals surface area (Å²) < 4.78 is 4.70. The van der Waals surface area contributed by atoms with Crippen molar-refractivity contribution in [2.24, 2.45) is 17.8 Å². The number of hydrogen-bond donors (Lipinski definition) is 1. The molecule has 1 saturated carbocycles. The maximum atomic E-state index is 11.1. The number of rotatable bonds is 2. The first-order valence-electron chi connectivity index (χ1n) is 4.61. The van der Waals surface area contributed by atoms with Crippen LogP contribution in [-0.2, 0) is 9.53 Å². The molecule has 1 saturated heterocycles. The van der Waals surface area contributed by atoms with Gasteiger partial charge in [-0.25, -0.2) is 0 Å². The molecule has 3 atom stereocenters. The van der Waals surface area contributed by atoms with Gasteiger partial charge in [0.05, 0.1) is 13.0 Å². The normalized spacial score (nSPS) is 39.6. The summed E-state index contributed by atoms with van der Waals surface area (Å²) in [6.07, 6.45) is 2.29. The Morgan fingerprint density at radius 1 is 1.58 bits per heavy atom. The fraction of sp³-hybridized carbons (Fsp3) is 0.889. The molecule has 0 radical (unpaired) electrons. The SMILES string of the molecule is COC(=O)C1CC1C1CCNC1. The minimum Gasteiger partial charge on any atom is -0.469 e. The largest absolute Gasteiger partial charge is 0.469 e. The van der Waals surface area contributed by atoms with E-state index in [2.05, 4.69) is 5.32 Å². The topological polar surface area (TPSA) is 38.3 Å². The van der Waals surface area contributed by atoms with Crippen LogP contribution in [0.15, 0.2) is 0 Å². The molecule has 0 aromatic heterocycles. The highest BCUT2D eigenvalue weighted by Gasteiger charge is 2.48. The van der Waals surface area contributed by atoms with E-state index in [9.17, 15) is 4.79 Å². The van der Waals surface area contributed by atoms with Crippen LogP contribution in [0.25, 0.3) is 0 Å². The molecular formula is C9H15NO2. The lowest BCUT2D eigenvalue weighted by Gasteiger charge is -2.05. The number of carbonyl (C=O) groups is 1. The molecule has 0 amide bonds. The van der Waals surface area contributed by atoms with Gasteiger partial charge < -0.3 is 10.1 Å². The second-order valence-electron chi connectivity index (χ2n) is 3.78. The molecule has 3 unspecified atom stereocenters. The van der Waals surface area contributed by atoms with Gasteiger partial charge in [0.1, 0.15) is 0 Å². The van der Waals surface area contributed by atoms with E-state index in [1.165, 1.54) is 13.5 Å². The Kier molecular flexibility index (Phi) is 2.05. The van der Waals surface area contributed by atoms with E-state index in [-0.39, 0.29) is 11.9 Å². The molecule has 0 aromatic rings. The molecule has 0 spiro atoms. The van der Waals surface area contributed by atoms with E-state index in [0.717, 1.165) is 25.4 Å². The Hall–Kier alpha value is -0.570. The van der Waals surface area contributed by atoms with Gasteiger partial charge in [0, 0.05) is 0 Å². The zero-order chi connectivity index (χ0) is 8.55. The number of methoxy groups -OCH3 is 1. The first-order valence-corrected chi connectivity index (χ1v) is 4.61. The van der Waals surface area contributed by atoms with E-state index >= 15 is 0 Å². The van der Waals surface area contributed by atoms with Crippen molar-refractivity contribution in [1.29, 1.82) is 0 Å². The predicted molar refractivity (Wildman–Crippen MR) is 44.6 cm³/mol. The highest BCUT2D eigenvalue weighted by molar-refractivity contribution is 5.75. The molecule has 2 rings (SSSR count). The Labute approximate surface area is 72.5 Å². The van der Waals surface area contributed by atoms with Gasteiger partial charge in [0.2, 0.25) is 0 Å². The zero-order valence-electron chi connectivity index (χ0n) is 7.38. The number of ether oxygens (including phenoxy) is 1. The molecule has 2 aliphatic rings. The van der Waals surface area contributed by atoms with Gasteiger partial charge in [-0.15, -0.1) is 0 Å². The van der Waals surface area contributed by atoms with Crippen LogP contribution >= 0.6 is 0 Å². The van der Waals surface area contributed by atoms with Crippen LogP contribution in [0.5, 0.6) is 0 Å². The average molecular weight is 169 g/mol. The van der Waals surface area contributed by atoms with Crippen molar-refractivity contribution in [3.05, 3.63) is 0 Å². The van der Waals surface area contributed by atoms with E-state index in [1.54, 1.807) is 0 Å². The van der Waals surface area contributed by atoms with Crippen LogP contribution in [0.3, 0.4) is 0 Å². The third-order valence-electron chi connectivity index (χ3n) is 3.05. The van der Waals surface area contributed by atoms with Gasteiger partial charge in [-0.2, -0.15) is 0 Å². The lowest BCUT2D eigenvalue weighted by molar-refractivity contribution is -0.142. The summed E-state index contributed by atoms with van der Waals surface area (Å²) in [5.74, 6) is 1.56. The van der Waals surface area contributed by atoms with Gasteiger partial charge in [-0.3, -0.25) is 4.79 Å². The van der Waals surface area contributed by atoms with Gasteiger partial charge >= 0.3 is 5.97 Å². The van der Waals surface area contributed by atoms with Gasteiger partial charge in [-0.1, -0.05) is 0 Å². The van der Waals surface area contributed by atoms with E-state index in [4.69, 9.17) is 4.74 Å². The van der Waals surface area contributed by atoms with Gasteiger partial charge in [0.15, 0.2) is 0 Å². The Morgan fingerprint density at radius 3 is 3.00 bits per heavy atom. The first kappa shape index (κ1) is 8.05. The maximum Gasteiger partial charge on any atom is 0.308 e. The van der Waals surface area contributed by atoms with Crippen LogP contribution in [-0.4, -0.2) is 26.2 Å². The quantitative estimate of drug-likeness (QED) is 0.608. The fourth-order valence-electron chi connectivity index (χ4n) is 2.20. The van der Waals surface area contributed by atoms with Crippen molar-refractivity contribution < 1.29 is 9.53 Å². The summed E-state index contributed by atoms with van der Waals surface area (Å²) >= 11 is 0. The van der Waals surface area contributed by atoms with E-state index in [1.807, 2.05) is 0 Å². The lowest BCUT2D eigenvalue weighted by Crippen LogP contribution is -2.13. The number of nitrogens with one attached hydrogen (secondary N) is 1. The fourth-order valence-corrected chi connectivity index (χ4v) is 2.20. The summed E-state index contributed by atoms with van der Waals surface area (Å²) in [5, 5.41) is 3.32. The highest BCUT2D eigenvalue weighted by atomic mass is 16.5. The van der Waals surface area contributed by atoms with Crippen LogP contribution in [0.2, 0.25) is 0 Å². The Bertz CT molecular complexity index is 187. The summed E-state index contributed by atoms with van der Waals surface area (Å²) in [4.78, 5) is 11.1. The molecule has 1 aliphatic carbocycles. The van der Waals surface area contributed by atoms with Crippen molar-refractivity contribution in [3.63, 3.8) is 0 Å².